The molecule has 19 heavy (non-hydrogen) atoms. The Bertz CT molecular complexity index is 832. The minimum Gasteiger partial charge on any atom is -0.462 e. The lowest BCUT2D eigenvalue weighted by molar-refractivity contribution is 0.0526. The third kappa shape index (κ3) is 1.87. The second-order valence-electron chi connectivity index (χ2n) is 4.05. The first-order valence-electron chi connectivity index (χ1n) is 5.87. The van der Waals surface area contributed by atoms with Crippen molar-refractivity contribution in [2.45, 2.75) is 6.92 Å². The number of ether oxygens (including phenoxy) is 1. The van der Waals surface area contributed by atoms with E-state index in [0.29, 0.717) is 28.7 Å². The van der Waals surface area contributed by atoms with Gasteiger partial charge in [0, 0.05) is 17.6 Å². The number of nitrogens with one attached hydrogen (secondary N) is 1. The molecule has 96 valence electrons. The van der Waals surface area contributed by atoms with Crippen molar-refractivity contribution < 1.29 is 9.53 Å². The Morgan fingerprint density at radius 2 is 2.26 bits per heavy atom. The number of H-pyrrole nitrogens is 1. The number of aromatic nitrogens is 3. The van der Waals surface area contributed by atoms with Gasteiger partial charge in [-0.05, 0) is 25.1 Å². The molecule has 2 aromatic heterocycles. The van der Waals surface area contributed by atoms with Crippen molar-refractivity contribution in [3.05, 3.63) is 46.4 Å². The SMILES string of the molecule is CCOC(=O)c1ccc2nn3ccc(=O)[nH]c3c2c1. The molecule has 0 radical (unpaired) electrons. The van der Waals surface area contributed by atoms with Gasteiger partial charge in [0.1, 0.15) is 5.65 Å². The number of carbonyl (C=O) groups excluding carboxylic acids is 1. The molecule has 6 nitrogen and oxygen atoms in total. The van der Waals surface area contributed by atoms with E-state index in [1.54, 1.807) is 35.8 Å². The van der Waals surface area contributed by atoms with Gasteiger partial charge < -0.3 is 9.72 Å². The topological polar surface area (TPSA) is 76.5 Å². The lowest BCUT2D eigenvalue weighted by Crippen LogP contribution is -2.06. The zero-order valence-electron chi connectivity index (χ0n) is 10.2. The molecule has 0 aliphatic carbocycles. The number of hydrogen-bond donors (Lipinski definition) is 1. The summed E-state index contributed by atoms with van der Waals surface area (Å²) in [6, 6.07) is 6.45. The highest BCUT2D eigenvalue weighted by Gasteiger charge is 2.11. The number of aromatic amines is 1. The van der Waals surface area contributed by atoms with Crippen LogP contribution in [0.5, 0.6) is 0 Å². The van der Waals surface area contributed by atoms with Gasteiger partial charge in [-0.2, -0.15) is 5.10 Å². The molecule has 1 N–H and O–H groups in total. The van der Waals surface area contributed by atoms with Crippen molar-refractivity contribution in [2.24, 2.45) is 0 Å². The third-order valence-electron chi connectivity index (χ3n) is 2.82. The predicted octanol–water partition coefficient (Wildman–Crippen LogP) is 1.35. The van der Waals surface area contributed by atoms with Gasteiger partial charge in [0.05, 0.1) is 17.7 Å². The molecule has 6 heteroatoms. The Kier molecular flexibility index (Phi) is 2.56. The van der Waals surface area contributed by atoms with Crippen LogP contribution in [0.4, 0.5) is 0 Å². The van der Waals surface area contributed by atoms with Crippen molar-refractivity contribution >= 4 is 22.5 Å². The van der Waals surface area contributed by atoms with Crippen LogP contribution in [0.15, 0.2) is 35.3 Å². The van der Waals surface area contributed by atoms with Crippen molar-refractivity contribution in [1.82, 2.24) is 14.6 Å². The Balaban J connectivity index is 2.26. The first-order chi connectivity index (χ1) is 9.19. The average Bonchev–Trinajstić information content (AvgIpc) is 2.76. The maximum atomic E-state index is 11.7. The summed E-state index contributed by atoms with van der Waals surface area (Å²) in [5, 5.41) is 5.01. The monoisotopic (exact) mass is 257 g/mol. The average molecular weight is 257 g/mol. The normalized spacial score (nSPS) is 11.0. The molecule has 1 aromatic carbocycles. The van der Waals surface area contributed by atoms with E-state index in [0.717, 1.165) is 0 Å². The fourth-order valence-corrected chi connectivity index (χ4v) is 1.97. The number of carbonyl (C=O) groups is 1. The van der Waals surface area contributed by atoms with Gasteiger partial charge in [0.15, 0.2) is 0 Å². The maximum Gasteiger partial charge on any atom is 0.338 e. The quantitative estimate of drug-likeness (QED) is 0.703. The number of esters is 1. The molecule has 0 saturated heterocycles. The van der Waals surface area contributed by atoms with Gasteiger partial charge in [-0.1, -0.05) is 0 Å². The summed E-state index contributed by atoms with van der Waals surface area (Å²) in [6.45, 7) is 2.08. The van der Waals surface area contributed by atoms with Gasteiger partial charge in [-0.25, -0.2) is 9.31 Å². The van der Waals surface area contributed by atoms with E-state index in [4.69, 9.17) is 4.74 Å². The standard InChI is InChI=1S/C13H11N3O3/c1-2-19-13(18)8-3-4-10-9(7-8)12-14-11(17)5-6-16(12)15-10/h3-7H,2H2,1H3,(H,14,17). The van der Waals surface area contributed by atoms with Gasteiger partial charge in [-0.15, -0.1) is 0 Å². The van der Waals surface area contributed by atoms with Gasteiger partial charge in [0.2, 0.25) is 0 Å². The van der Waals surface area contributed by atoms with E-state index >= 15 is 0 Å². The van der Waals surface area contributed by atoms with Crippen molar-refractivity contribution in [1.29, 1.82) is 0 Å². The summed E-state index contributed by atoms with van der Waals surface area (Å²) >= 11 is 0. The van der Waals surface area contributed by atoms with Crippen LogP contribution in [-0.4, -0.2) is 27.2 Å². The second kappa shape index (κ2) is 4.24. The van der Waals surface area contributed by atoms with Crippen LogP contribution in [0.25, 0.3) is 16.6 Å². The van der Waals surface area contributed by atoms with Crippen LogP contribution < -0.4 is 5.56 Å². The molecule has 0 aliphatic rings. The molecule has 0 atom stereocenters. The fourth-order valence-electron chi connectivity index (χ4n) is 1.97. The van der Waals surface area contributed by atoms with Crippen LogP contribution in [-0.2, 0) is 4.74 Å². The summed E-state index contributed by atoms with van der Waals surface area (Å²) in [7, 11) is 0. The van der Waals surface area contributed by atoms with Crippen molar-refractivity contribution in [3.8, 4) is 0 Å². The highest BCUT2D eigenvalue weighted by Crippen LogP contribution is 2.19. The number of nitrogens with zero attached hydrogens (tertiary/aromatic N) is 2. The maximum absolute atomic E-state index is 11.7. The minimum absolute atomic E-state index is 0.212. The summed E-state index contributed by atoms with van der Waals surface area (Å²) in [6.07, 6.45) is 1.58. The van der Waals surface area contributed by atoms with Crippen LogP contribution in [0, 0.1) is 0 Å². The Labute approximate surface area is 107 Å². The Morgan fingerprint density at radius 1 is 1.42 bits per heavy atom. The van der Waals surface area contributed by atoms with E-state index in [1.807, 2.05) is 0 Å². The van der Waals surface area contributed by atoms with Crippen LogP contribution >= 0.6 is 0 Å². The van der Waals surface area contributed by atoms with Crippen LogP contribution in [0.3, 0.4) is 0 Å². The molecule has 0 fully saturated rings. The highest BCUT2D eigenvalue weighted by molar-refractivity contribution is 5.99. The number of rotatable bonds is 2. The third-order valence-corrected chi connectivity index (χ3v) is 2.82. The lowest BCUT2D eigenvalue weighted by Gasteiger charge is -2.00. The zero-order chi connectivity index (χ0) is 13.4. The first kappa shape index (κ1) is 11.5. The number of fused-ring (bicyclic) bond motifs is 3. The minimum atomic E-state index is -0.387. The second-order valence-corrected chi connectivity index (χ2v) is 4.05. The van der Waals surface area contributed by atoms with Gasteiger partial charge >= 0.3 is 5.97 Å². The van der Waals surface area contributed by atoms with Crippen molar-refractivity contribution in [3.63, 3.8) is 0 Å². The summed E-state index contributed by atoms with van der Waals surface area (Å²) in [4.78, 5) is 25.8. The van der Waals surface area contributed by atoms with Gasteiger partial charge in [-0.3, -0.25) is 4.79 Å². The van der Waals surface area contributed by atoms with E-state index in [-0.39, 0.29) is 11.5 Å². The first-order valence-corrected chi connectivity index (χ1v) is 5.87. The van der Waals surface area contributed by atoms with E-state index < -0.39 is 0 Å². The molecular formula is C13H11N3O3. The largest absolute Gasteiger partial charge is 0.462 e. The number of hydrogen-bond acceptors (Lipinski definition) is 4. The molecule has 0 amide bonds. The molecule has 0 spiro atoms. The molecule has 3 rings (SSSR count). The summed E-state index contributed by atoms with van der Waals surface area (Å²) in [5.41, 5.74) is 1.49. The Morgan fingerprint density at radius 3 is 3.05 bits per heavy atom. The smallest absolute Gasteiger partial charge is 0.338 e. The summed E-state index contributed by atoms with van der Waals surface area (Å²) < 4.78 is 6.52. The predicted molar refractivity (Wildman–Crippen MR) is 69.3 cm³/mol. The molecule has 2 heterocycles. The summed E-state index contributed by atoms with van der Waals surface area (Å²) in [5.74, 6) is -0.387. The molecular weight excluding hydrogens is 246 g/mol. The van der Waals surface area contributed by atoms with Crippen molar-refractivity contribution in [2.75, 3.05) is 6.61 Å². The van der Waals surface area contributed by atoms with E-state index in [9.17, 15) is 9.59 Å². The number of benzene rings is 1. The fraction of sp³-hybridized carbons (Fsp3) is 0.154. The molecule has 0 bridgehead atoms. The van der Waals surface area contributed by atoms with E-state index in [2.05, 4.69) is 10.1 Å². The molecule has 0 aliphatic heterocycles. The van der Waals surface area contributed by atoms with E-state index in [1.165, 1.54) is 6.07 Å². The highest BCUT2D eigenvalue weighted by atomic mass is 16.5. The van der Waals surface area contributed by atoms with Crippen LogP contribution in [0.1, 0.15) is 17.3 Å². The van der Waals surface area contributed by atoms with Gasteiger partial charge in [0.25, 0.3) is 5.56 Å². The molecule has 0 saturated carbocycles. The Hall–Kier alpha value is -2.63. The zero-order valence-corrected chi connectivity index (χ0v) is 10.2. The molecule has 0 unspecified atom stereocenters. The lowest BCUT2D eigenvalue weighted by atomic mass is 10.1. The van der Waals surface area contributed by atoms with Crippen LogP contribution in [0.2, 0.25) is 0 Å². The molecule has 3 aromatic rings.